The van der Waals surface area contributed by atoms with E-state index >= 15 is 0 Å². The van der Waals surface area contributed by atoms with E-state index in [1.807, 2.05) is 32.2 Å². The second-order valence-electron chi connectivity index (χ2n) is 2.18. The molecule has 0 radical (unpaired) electrons. The van der Waals surface area contributed by atoms with Crippen molar-refractivity contribution in [3.05, 3.63) is 35.9 Å². The van der Waals surface area contributed by atoms with E-state index in [9.17, 15) is 0 Å². The number of hydrogen-bond donors (Lipinski definition) is 0. The van der Waals surface area contributed by atoms with Crippen LogP contribution < -0.4 is 0 Å². The van der Waals surface area contributed by atoms with Gasteiger partial charge in [0.15, 0.2) is 0 Å². The smallest absolute Gasteiger partial charge is 0.0386 e. The Morgan fingerprint density at radius 2 is 1.80 bits per heavy atom. The molecule has 0 atom stereocenters. The van der Waals surface area contributed by atoms with E-state index in [-0.39, 0.29) is 0 Å². The summed E-state index contributed by atoms with van der Waals surface area (Å²) in [6, 6.07) is 10.2. The summed E-state index contributed by atoms with van der Waals surface area (Å²) in [6.07, 6.45) is 0. The van der Waals surface area contributed by atoms with Crippen LogP contribution in [-0.2, 0) is 0 Å². The van der Waals surface area contributed by atoms with Crippen molar-refractivity contribution in [2.24, 2.45) is 4.99 Å². The SMILES string of the molecule is C/N=C(/C)c1ccccc1. The first kappa shape index (κ1) is 7.00. The normalized spacial score (nSPS) is 11.6. The highest BCUT2D eigenvalue weighted by Gasteiger charge is 1.90. The minimum atomic E-state index is 1.08. The molecular formula is C9H11N. The van der Waals surface area contributed by atoms with Crippen molar-refractivity contribution in [1.82, 2.24) is 0 Å². The minimum Gasteiger partial charge on any atom is -0.293 e. The van der Waals surface area contributed by atoms with Crippen molar-refractivity contribution in [2.45, 2.75) is 6.92 Å². The molecule has 1 heteroatoms. The van der Waals surface area contributed by atoms with Crippen molar-refractivity contribution >= 4 is 5.71 Å². The average Bonchev–Trinajstić information content (AvgIpc) is 2.05. The van der Waals surface area contributed by atoms with Gasteiger partial charge in [-0.3, -0.25) is 4.99 Å². The number of hydrogen-bond acceptors (Lipinski definition) is 1. The van der Waals surface area contributed by atoms with Crippen LogP contribution in [0.2, 0.25) is 0 Å². The molecule has 1 aromatic carbocycles. The van der Waals surface area contributed by atoms with E-state index in [4.69, 9.17) is 0 Å². The lowest BCUT2D eigenvalue weighted by atomic mass is 10.1. The molecule has 0 aromatic heterocycles. The third-order valence-corrected chi connectivity index (χ3v) is 1.53. The predicted molar refractivity (Wildman–Crippen MR) is 44.6 cm³/mol. The van der Waals surface area contributed by atoms with Gasteiger partial charge in [0.1, 0.15) is 0 Å². The first-order chi connectivity index (χ1) is 4.84. The van der Waals surface area contributed by atoms with Gasteiger partial charge >= 0.3 is 0 Å². The molecular weight excluding hydrogens is 122 g/mol. The van der Waals surface area contributed by atoms with Crippen LogP contribution in [-0.4, -0.2) is 12.8 Å². The summed E-state index contributed by atoms with van der Waals surface area (Å²) >= 11 is 0. The molecule has 52 valence electrons. The molecule has 0 spiro atoms. The second-order valence-corrected chi connectivity index (χ2v) is 2.18. The van der Waals surface area contributed by atoms with E-state index in [0.29, 0.717) is 0 Å². The molecule has 0 unspecified atom stereocenters. The quantitative estimate of drug-likeness (QED) is 0.520. The van der Waals surface area contributed by atoms with Crippen molar-refractivity contribution < 1.29 is 0 Å². The Hall–Kier alpha value is -1.11. The van der Waals surface area contributed by atoms with Gasteiger partial charge in [-0.05, 0) is 12.5 Å². The van der Waals surface area contributed by atoms with Crippen LogP contribution in [0.1, 0.15) is 12.5 Å². The van der Waals surface area contributed by atoms with Crippen molar-refractivity contribution in [3.63, 3.8) is 0 Å². The van der Waals surface area contributed by atoms with Gasteiger partial charge in [0.2, 0.25) is 0 Å². The van der Waals surface area contributed by atoms with Gasteiger partial charge in [0.05, 0.1) is 0 Å². The second kappa shape index (κ2) is 3.16. The summed E-state index contributed by atoms with van der Waals surface area (Å²) < 4.78 is 0. The van der Waals surface area contributed by atoms with Crippen LogP contribution in [0.5, 0.6) is 0 Å². The molecule has 1 rings (SSSR count). The van der Waals surface area contributed by atoms with Crippen molar-refractivity contribution in [3.8, 4) is 0 Å². The Morgan fingerprint density at radius 1 is 1.20 bits per heavy atom. The maximum Gasteiger partial charge on any atom is 0.0386 e. The largest absolute Gasteiger partial charge is 0.293 e. The molecule has 0 aliphatic rings. The lowest BCUT2D eigenvalue weighted by Crippen LogP contribution is -1.91. The van der Waals surface area contributed by atoms with E-state index in [1.165, 1.54) is 5.56 Å². The molecule has 0 bridgehead atoms. The first-order valence-electron chi connectivity index (χ1n) is 3.33. The fraction of sp³-hybridized carbons (Fsp3) is 0.222. The van der Waals surface area contributed by atoms with Crippen LogP contribution >= 0.6 is 0 Å². The fourth-order valence-electron chi connectivity index (χ4n) is 0.808. The minimum absolute atomic E-state index is 1.08. The van der Waals surface area contributed by atoms with Gasteiger partial charge in [-0.2, -0.15) is 0 Å². The first-order valence-corrected chi connectivity index (χ1v) is 3.33. The van der Waals surface area contributed by atoms with Gasteiger partial charge in [0.25, 0.3) is 0 Å². The van der Waals surface area contributed by atoms with Crippen LogP contribution in [0.4, 0.5) is 0 Å². The molecule has 0 aliphatic heterocycles. The Bertz CT molecular complexity index is 224. The molecule has 0 N–H and O–H groups in total. The van der Waals surface area contributed by atoms with Gasteiger partial charge in [-0.1, -0.05) is 30.3 Å². The Morgan fingerprint density at radius 3 is 2.30 bits per heavy atom. The zero-order valence-electron chi connectivity index (χ0n) is 6.33. The number of aliphatic imine (C=N–C) groups is 1. The van der Waals surface area contributed by atoms with Crippen LogP contribution in [0.3, 0.4) is 0 Å². The highest BCUT2D eigenvalue weighted by Crippen LogP contribution is 1.99. The zero-order chi connectivity index (χ0) is 7.40. The summed E-state index contributed by atoms with van der Waals surface area (Å²) in [5.74, 6) is 0. The average molecular weight is 133 g/mol. The molecule has 0 heterocycles. The predicted octanol–water partition coefficient (Wildman–Crippen LogP) is 2.13. The standard InChI is InChI=1S/C9H11N/c1-8(10-2)9-6-4-3-5-7-9/h3-7H,1-2H3/b10-8-. The lowest BCUT2D eigenvalue weighted by molar-refractivity contribution is 1.41. The topological polar surface area (TPSA) is 12.4 Å². The van der Waals surface area contributed by atoms with Crippen LogP contribution in [0.15, 0.2) is 35.3 Å². The lowest BCUT2D eigenvalue weighted by Gasteiger charge is -1.95. The highest BCUT2D eigenvalue weighted by molar-refractivity contribution is 5.98. The van der Waals surface area contributed by atoms with E-state index in [0.717, 1.165) is 5.71 Å². The monoisotopic (exact) mass is 133 g/mol. The Kier molecular flexibility index (Phi) is 2.21. The highest BCUT2D eigenvalue weighted by atomic mass is 14.7. The van der Waals surface area contributed by atoms with Crippen molar-refractivity contribution in [1.29, 1.82) is 0 Å². The van der Waals surface area contributed by atoms with E-state index < -0.39 is 0 Å². The number of benzene rings is 1. The van der Waals surface area contributed by atoms with Gasteiger partial charge < -0.3 is 0 Å². The van der Waals surface area contributed by atoms with Crippen molar-refractivity contribution in [2.75, 3.05) is 7.05 Å². The van der Waals surface area contributed by atoms with Gasteiger partial charge in [-0.15, -0.1) is 0 Å². The molecule has 0 aliphatic carbocycles. The molecule has 10 heavy (non-hydrogen) atoms. The third-order valence-electron chi connectivity index (χ3n) is 1.53. The number of nitrogens with zero attached hydrogens (tertiary/aromatic N) is 1. The summed E-state index contributed by atoms with van der Waals surface area (Å²) in [5.41, 5.74) is 2.28. The molecule has 0 fully saturated rings. The molecule has 1 aromatic rings. The Labute approximate surface area is 61.4 Å². The molecule has 0 saturated heterocycles. The Balaban J connectivity index is 2.96. The molecule has 0 saturated carbocycles. The van der Waals surface area contributed by atoms with Crippen LogP contribution in [0, 0.1) is 0 Å². The summed E-state index contributed by atoms with van der Waals surface area (Å²) in [5, 5.41) is 0. The zero-order valence-corrected chi connectivity index (χ0v) is 6.33. The van der Waals surface area contributed by atoms with Gasteiger partial charge in [-0.25, -0.2) is 0 Å². The molecule has 0 amide bonds. The number of rotatable bonds is 1. The summed E-state index contributed by atoms with van der Waals surface area (Å²) in [6.45, 7) is 2.01. The molecule has 1 nitrogen and oxygen atoms in total. The third kappa shape index (κ3) is 1.44. The maximum atomic E-state index is 4.08. The van der Waals surface area contributed by atoms with Gasteiger partial charge in [0, 0.05) is 12.8 Å². The van der Waals surface area contributed by atoms with E-state index in [2.05, 4.69) is 17.1 Å². The summed E-state index contributed by atoms with van der Waals surface area (Å²) in [4.78, 5) is 4.08. The summed E-state index contributed by atoms with van der Waals surface area (Å²) in [7, 11) is 1.81. The fourth-order valence-corrected chi connectivity index (χ4v) is 0.808. The van der Waals surface area contributed by atoms with Crippen LogP contribution in [0.25, 0.3) is 0 Å². The maximum absolute atomic E-state index is 4.08. The van der Waals surface area contributed by atoms with E-state index in [1.54, 1.807) is 0 Å².